The minimum absolute atomic E-state index is 1.12. The molecule has 0 saturated carbocycles. The number of rotatable bonds is 2. The maximum absolute atomic E-state index is 4.27. The molecule has 0 atom stereocenters. The standard InChI is InChI=1S/C13H13IN2/c1-16(2)13-7-11(8-15-9-13)10-4-3-5-12(14)6-10/h3-9H,1-2H3. The Hall–Kier alpha value is -1.10. The molecule has 2 nitrogen and oxygen atoms in total. The normalized spacial score (nSPS) is 10.2. The van der Waals surface area contributed by atoms with Crippen LogP contribution in [0.2, 0.25) is 0 Å². The van der Waals surface area contributed by atoms with Crippen LogP contribution < -0.4 is 4.90 Å². The van der Waals surface area contributed by atoms with Crippen molar-refractivity contribution in [3.05, 3.63) is 46.3 Å². The van der Waals surface area contributed by atoms with Crippen LogP contribution in [0.1, 0.15) is 0 Å². The van der Waals surface area contributed by atoms with E-state index in [2.05, 4.69) is 62.8 Å². The SMILES string of the molecule is CN(C)c1cncc(-c2cccc(I)c2)c1. The van der Waals surface area contributed by atoms with Crippen molar-refractivity contribution in [3.8, 4) is 11.1 Å². The van der Waals surface area contributed by atoms with Crippen LogP contribution in [0.3, 0.4) is 0 Å². The Bertz CT molecular complexity index is 495. The Morgan fingerprint density at radius 2 is 1.88 bits per heavy atom. The molecule has 3 heteroatoms. The lowest BCUT2D eigenvalue weighted by Gasteiger charge is -2.13. The first kappa shape index (κ1) is 11.4. The summed E-state index contributed by atoms with van der Waals surface area (Å²) in [7, 11) is 4.05. The van der Waals surface area contributed by atoms with Crippen molar-refractivity contribution in [2.75, 3.05) is 19.0 Å². The summed E-state index contributed by atoms with van der Waals surface area (Å²) in [5.74, 6) is 0. The Labute approximate surface area is 109 Å². The molecule has 16 heavy (non-hydrogen) atoms. The van der Waals surface area contributed by atoms with Gasteiger partial charge in [0.1, 0.15) is 0 Å². The Morgan fingerprint density at radius 1 is 1.06 bits per heavy atom. The van der Waals surface area contributed by atoms with Gasteiger partial charge in [0.25, 0.3) is 0 Å². The maximum atomic E-state index is 4.27. The number of halogens is 1. The zero-order valence-electron chi connectivity index (χ0n) is 9.31. The van der Waals surface area contributed by atoms with Gasteiger partial charge in [0.2, 0.25) is 0 Å². The topological polar surface area (TPSA) is 16.1 Å². The first-order valence-electron chi connectivity index (χ1n) is 5.05. The fraction of sp³-hybridized carbons (Fsp3) is 0.154. The van der Waals surface area contributed by atoms with Crippen LogP contribution >= 0.6 is 22.6 Å². The molecular formula is C13H13IN2. The van der Waals surface area contributed by atoms with Crippen molar-refractivity contribution in [1.29, 1.82) is 0 Å². The van der Waals surface area contributed by atoms with E-state index in [1.54, 1.807) is 0 Å². The van der Waals surface area contributed by atoms with Crippen LogP contribution in [0.5, 0.6) is 0 Å². The predicted molar refractivity (Wildman–Crippen MR) is 76.7 cm³/mol. The van der Waals surface area contributed by atoms with E-state index in [9.17, 15) is 0 Å². The van der Waals surface area contributed by atoms with Gasteiger partial charge in [0.05, 0.1) is 11.9 Å². The summed E-state index contributed by atoms with van der Waals surface area (Å²) in [6.07, 6.45) is 3.77. The molecule has 82 valence electrons. The second-order valence-electron chi connectivity index (χ2n) is 3.84. The van der Waals surface area contributed by atoms with Crippen LogP contribution in [0.15, 0.2) is 42.7 Å². The number of aromatic nitrogens is 1. The molecule has 0 fully saturated rings. The minimum atomic E-state index is 1.12. The molecule has 0 radical (unpaired) electrons. The number of pyridine rings is 1. The number of hydrogen-bond acceptors (Lipinski definition) is 2. The third-order valence-corrected chi connectivity index (χ3v) is 3.07. The molecule has 1 aromatic heterocycles. The smallest absolute Gasteiger partial charge is 0.0553 e. The maximum Gasteiger partial charge on any atom is 0.0553 e. The van der Waals surface area contributed by atoms with Gasteiger partial charge in [0.15, 0.2) is 0 Å². The third-order valence-electron chi connectivity index (χ3n) is 2.40. The largest absolute Gasteiger partial charge is 0.376 e. The summed E-state index contributed by atoms with van der Waals surface area (Å²) < 4.78 is 1.24. The highest BCUT2D eigenvalue weighted by molar-refractivity contribution is 14.1. The first-order valence-corrected chi connectivity index (χ1v) is 6.13. The van der Waals surface area contributed by atoms with E-state index in [4.69, 9.17) is 0 Å². The van der Waals surface area contributed by atoms with Gasteiger partial charge in [-0.3, -0.25) is 4.98 Å². The molecule has 2 aromatic rings. The molecule has 0 aliphatic carbocycles. The molecule has 0 aliphatic heterocycles. The molecule has 0 unspecified atom stereocenters. The van der Waals surface area contributed by atoms with Crippen molar-refractivity contribution >= 4 is 28.3 Å². The van der Waals surface area contributed by atoms with Crippen LogP contribution in [-0.4, -0.2) is 19.1 Å². The van der Waals surface area contributed by atoms with Crippen molar-refractivity contribution in [1.82, 2.24) is 4.98 Å². The zero-order valence-corrected chi connectivity index (χ0v) is 11.5. The Morgan fingerprint density at radius 3 is 2.56 bits per heavy atom. The average Bonchev–Trinajstić information content (AvgIpc) is 2.29. The summed E-state index contributed by atoms with van der Waals surface area (Å²) in [6.45, 7) is 0. The molecule has 1 aromatic carbocycles. The highest BCUT2D eigenvalue weighted by Crippen LogP contribution is 2.23. The molecule has 0 aliphatic rings. The summed E-state index contributed by atoms with van der Waals surface area (Å²) >= 11 is 2.32. The van der Waals surface area contributed by atoms with E-state index in [0.29, 0.717) is 0 Å². The van der Waals surface area contributed by atoms with Crippen LogP contribution in [0, 0.1) is 3.57 Å². The van der Waals surface area contributed by atoms with E-state index in [1.165, 1.54) is 9.13 Å². The fourth-order valence-corrected chi connectivity index (χ4v) is 2.04. The molecular weight excluding hydrogens is 311 g/mol. The van der Waals surface area contributed by atoms with Crippen molar-refractivity contribution in [2.24, 2.45) is 0 Å². The van der Waals surface area contributed by atoms with Gasteiger partial charge in [-0.05, 0) is 46.4 Å². The van der Waals surface area contributed by atoms with Gasteiger partial charge in [-0.25, -0.2) is 0 Å². The lowest BCUT2D eigenvalue weighted by molar-refractivity contribution is 1.11. The summed E-state index contributed by atoms with van der Waals surface area (Å²) in [5.41, 5.74) is 3.49. The fourth-order valence-electron chi connectivity index (χ4n) is 1.50. The van der Waals surface area contributed by atoms with E-state index in [1.807, 2.05) is 26.5 Å². The van der Waals surface area contributed by atoms with Gasteiger partial charge in [-0.2, -0.15) is 0 Å². The van der Waals surface area contributed by atoms with E-state index < -0.39 is 0 Å². The minimum Gasteiger partial charge on any atom is -0.376 e. The highest BCUT2D eigenvalue weighted by atomic mass is 127. The van der Waals surface area contributed by atoms with Crippen molar-refractivity contribution in [3.63, 3.8) is 0 Å². The third kappa shape index (κ3) is 2.52. The van der Waals surface area contributed by atoms with E-state index in [0.717, 1.165) is 11.3 Å². The first-order chi connectivity index (χ1) is 7.66. The number of benzene rings is 1. The molecule has 0 saturated heterocycles. The van der Waals surface area contributed by atoms with Gasteiger partial charge < -0.3 is 4.90 Å². The molecule has 1 heterocycles. The lowest BCUT2D eigenvalue weighted by atomic mass is 10.1. The van der Waals surface area contributed by atoms with Crippen LogP contribution in [0.25, 0.3) is 11.1 Å². The van der Waals surface area contributed by atoms with Gasteiger partial charge in [-0.15, -0.1) is 0 Å². The molecule has 0 bridgehead atoms. The van der Waals surface area contributed by atoms with Crippen LogP contribution in [0.4, 0.5) is 5.69 Å². The van der Waals surface area contributed by atoms with Gasteiger partial charge >= 0.3 is 0 Å². The van der Waals surface area contributed by atoms with Crippen molar-refractivity contribution in [2.45, 2.75) is 0 Å². The predicted octanol–water partition coefficient (Wildman–Crippen LogP) is 3.42. The van der Waals surface area contributed by atoms with Crippen LogP contribution in [-0.2, 0) is 0 Å². The lowest BCUT2D eigenvalue weighted by Crippen LogP contribution is -2.08. The second kappa shape index (κ2) is 4.82. The summed E-state index contributed by atoms with van der Waals surface area (Å²) in [4.78, 5) is 6.33. The highest BCUT2D eigenvalue weighted by Gasteiger charge is 2.01. The van der Waals surface area contributed by atoms with Crippen molar-refractivity contribution < 1.29 is 0 Å². The Kier molecular flexibility index (Phi) is 3.43. The van der Waals surface area contributed by atoms with Gasteiger partial charge in [-0.1, -0.05) is 12.1 Å². The molecule has 0 N–H and O–H groups in total. The number of nitrogens with zero attached hydrogens (tertiary/aromatic N) is 2. The summed E-state index contributed by atoms with van der Waals surface area (Å²) in [5, 5.41) is 0. The number of hydrogen-bond donors (Lipinski definition) is 0. The van der Waals surface area contributed by atoms with Gasteiger partial charge in [0, 0.05) is 29.4 Å². The second-order valence-corrected chi connectivity index (χ2v) is 5.08. The monoisotopic (exact) mass is 324 g/mol. The molecule has 0 amide bonds. The number of anilines is 1. The average molecular weight is 324 g/mol. The molecule has 2 rings (SSSR count). The zero-order chi connectivity index (χ0) is 11.5. The quantitative estimate of drug-likeness (QED) is 0.787. The molecule has 0 spiro atoms. The van der Waals surface area contributed by atoms with E-state index >= 15 is 0 Å². The summed E-state index contributed by atoms with van der Waals surface area (Å²) in [6, 6.07) is 10.6. The van der Waals surface area contributed by atoms with E-state index in [-0.39, 0.29) is 0 Å². The Balaban J connectivity index is 2.44.